The van der Waals surface area contributed by atoms with Crippen LogP contribution in [0.25, 0.3) is 121 Å². The SMILES string of the molecule is CC1=CC(C)=C(CC(Cc2ccc(-c3ccc(-c4ccc(-c5ccc(C(C)(C)CC(C)(C)C)cc5)cc4)cc3)c3ccccc23)c2cc3c4ccccc4c(N(c4ccc(C)cc4C)c4ccc(-c5ccc(-c6ccc(-c7ccc(C(C)(C)CC(C)(C)C)cc7)cc6)cc5)c5ccccc45)cc3c3ccccc23)CC1. The van der Waals surface area contributed by atoms with E-state index in [1.54, 1.807) is 5.57 Å². The Balaban J connectivity index is 0.740. The molecule has 15 aromatic rings. The monoisotopic (exact) mass is 1430 g/mol. The molecule has 0 spiro atoms. The first-order valence-electron chi connectivity index (χ1n) is 40.1. The Hall–Kier alpha value is -11.1. The van der Waals surface area contributed by atoms with Gasteiger partial charge >= 0.3 is 0 Å². The lowest BCUT2D eigenvalue weighted by Gasteiger charge is -2.33. The van der Waals surface area contributed by atoms with Crippen LogP contribution in [-0.2, 0) is 17.3 Å². The zero-order valence-corrected chi connectivity index (χ0v) is 67.1. The van der Waals surface area contributed by atoms with Crippen molar-refractivity contribution in [2.24, 2.45) is 10.8 Å². The molecule has 0 amide bonds. The fourth-order valence-corrected chi connectivity index (χ4v) is 19.1. The van der Waals surface area contributed by atoms with Gasteiger partial charge < -0.3 is 4.90 Å². The van der Waals surface area contributed by atoms with Gasteiger partial charge in [0.1, 0.15) is 0 Å². The number of rotatable bonds is 18. The Labute approximate surface area is 654 Å². The first-order valence-corrected chi connectivity index (χ1v) is 40.1. The lowest BCUT2D eigenvalue weighted by atomic mass is 9.72. The predicted octanol–water partition coefficient (Wildman–Crippen LogP) is 31.7. The van der Waals surface area contributed by atoms with Gasteiger partial charge in [-0.15, -0.1) is 0 Å². The molecule has 0 aromatic heterocycles. The van der Waals surface area contributed by atoms with Gasteiger partial charge in [0.2, 0.25) is 0 Å². The molecule has 0 aliphatic heterocycles. The Kier molecular flexibility index (Phi) is 19.5. The quantitative estimate of drug-likeness (QED) is 0.0774. The van der Waals surface area contributed by atoms with E-state index >= 15 is 0 Å². The van der Waals surface area contributed by atoms with E-state index in [1.807, 2.05) is 0 Å². The Morgan fingerprint density at radius 1 is 0.300 bits per heavy atom. The highest BCUT2D eigenvalue weighted by Gasteiger charge is 2.31. The van der Waals surface area contributed by atoms with Crippen molar-refractivity contribution in [1.29, 1.82) is 0 Å². The summed E-state index contributed by atoms with van der Waals surface area (Å²) in [6, 6.07) is 114. The van der Waals surface area contributed by atoms with Crippen molar-refractivity contribution in [3.8, 4) is 66.8 Å². The van der Waals surface area contributed by atoms with E-state index in [1.165, 1.54) is 165 Å². The molecule has 15 aromatic carbocycles. The van der Waals surface area contributed by atoms with E-state index in [2.05, 4.69) is 405 Å². The van der Waals surface area contributed by atoms with Crippen molar-refractivity contribution < 1.29 is 0 Å². The second kappa shape index (κ2) is 29.4. The van der Waals surface area contributed by atoms with Crippen LogP contribution in [0.4, 0.5) is 17.1 Å². The zero-order valence-electron chi connectivity index (χ0n) is 67.1. The molecule has 16 rings (SSSR count). The first-order chi connectivity index (χ1) is 52.9. The van der Waals surface area contributed by atoms with Gasteiger partial charge in [-0.2, -0.15) is 0 Å². The van der Waals surface area contributed by atoms with E-state index in [4.69, 9.17) is 0 Å². The molecular weight excluding hydrogens is 1320 g/mol. The molecule has 0 radical (unpaired) electrons. The summed E-state index contributed by atoms with van der Waals surface area (Å²) in [5, 5.41) is 12.6. The van der Waals surface area contributed by atoms with Crippen molar-refractivity contribution in [2.75, 3.05) is 4.90 Å². The summed E-state index contributed by atoms with van der Waals surface area (Å²) in [7, 11) is 0. The highest BCUT2D eigenvalue weighted by molar-refractivity contribution is 6.23. The van der Waals surface area contributed by atoms with Crippen LogP contribution in [0.1, 0.15) is 154 Å². The maximum absolute atomic E-state index is 2.62. The van der Waals surface area contributed by atoms with Crippen molar-refractivity contribution >= 4 is 70.9 Å². The van der Waals surface area contributed by atoms with E-state index in [0.29, 0.717) is 0 Å². The molecule has 546 valence electrons. The normalized spacial score (nSPS) is 13.4. The number of aryl methyl sites for hydroxylation is 2. The van der Waals surface area contributed by atoms with Crippen LogP contribution in [0.2, 0.25) is 0 Å². The molecule has 1 atom stereocenters. The van der Waals surface area contributed by atoms with Crippen LogP contribution < -0.4 is 4.90 Å². The lowest BCUT2D eigenvalue weighted by molar-refractivity contribution is 0.283. The Morgan fingerprint density at radius 2 is 0.673 bits per heavy atom. The molecule has 1 heteroatoms. The first kappa shape index (κ1) is 73.0. The third kappa shape index (κ3) is 14.9. The third-order valence-corrected chi connectivity index (χ3v) is 23.9. The van der Waals surface area contributed by atoms with Gasteiger partial charge in [-0.3, -0.25) is 0 Å². The molecule has 0 N–H and O–H groups in total. The minimum atomic E-state index is 0.107. The van der Waals surface area contributed by atoms with Gasteiger partial charge in [-0.25, -0.2) is 0 Å². The molecule has 0 bridgehead atoms. The standard InChI is InChI=1S/C109H105N/c1-71-31-33-85(73(3)63-71)65-87(66-86-54-59-91(93-24-16-15-23-90(86)93)83-46-42-79(43-47-83)75-34-38-77(39-35-75)81-50-55-88(56-51-81)108(11,12)69-106(5,6)7)100-67-101-97-28-20-22-30-99(97)105(68-102(101)96-27-18-17-26-95(96)100)110(103-61-32-72(2)64-74(103)4)104-62-60-92(94-25-19-21-29-98(94)104)84-48-44-80(45-49-84)76-36-40-78(41-37-76)82-52-57-89(58-53-82)109(13,14)70-107(8,9)10/h15-30,32,34-64,67-68,87H,31,33,65-66,69-70H2,1-14H3. The summed E-state index contributed by atoms with van der Waals surface area (Å²) in [6.45, 7) is 32.7. The van der Waals surface area contributed by atoms with Crippen LogP contribution in [0.3, 0.4) is 0 Å². The van der Waals surface area contributed by atoms with Crippen molar-refractivity contribution in [3.63, 3.8) is 0 Å². The van der Waals surface area contributed by atoms with Crippen LogP contribution in [0.15, 0.2) is 320 Å². The number of hydrogen-bond donors (Lipinski definition) is 0. The minimum Gasteiger partial charge on any atom is -0.309 e. The molecule has 0 saturated carbocycles. The summed E-state index contributed by atoms with van der Waals surface area (Å²) < 4.78 is 0. The third-order valence-electron chi connectivity index (χ3n) is 23.9. The highest BCUT2D eigenvalue weighted by atomic mass is 15.1. The second-order valence-corrected chi connectivity index (χ2v) is 35.8. The van der Waals surface area contributed by atoms with Crippen LogP contribution in [0.5, 0.6) is 0 Å². The summed E-state index contributed by atoms with van der Waals surface area (Å²) in [5.74, 6) is 0.189. The zero-order chi connectivity index (χ0) is 76.4. The summed E-state index contributed by atoms with van der Waals surface area (Å²) in [5.41, 5.74) is 31.4. The second-order valence-electron chi connectivity index (χ2n) is 35.8. The molecule has 1 aliphatic rings. The summed E-state index contributed by atoms with van der Waals surface area (Å²) >= 11 is 0. The Morgan fingerprint density at radius 3 is 1.13 bits per heavy atom. The number of allylic oxidation sites excluding steroid dienone is 4. The van der Waals surface area contributed by atoms with Gasteiger partial charge in [0, 0.05) is 16.5 Å². The average molecular weight is 1430 g/mol. The molecule has 110 heavy (non-hydrogen) atoms. The largest absolute Gasteiger partial charge is 0.309 e. The maximum Gasteiger partial charge on any atom is 0.0547 e. The fraction of sp³-hybridized carbons (Fsp3) is 0.229. The lowest BCUT2D eigenvalue weighted by Crippen LogP contribution is -2.24. The maximum atomic E-state index is 2.62. The molecule has 1 nitrogen and oxygen atoms in total. The number of anilines is 3. The number of nitrogens with zero attached hydrogens (tertiary/aromatic N) is 1. The molecule has 0 heterocycles. The number of hydrogen-bond acceptors (Lipinski definition) is 1. The van der Waals surface area contributed by atoms with E-state index < -0.39 is 0 Å². The van der Waals surface area contributed by atoms with Gasteiger partial charge in [0.25, 0.3) is 0 Å². The molecule has 1 unspecified atom stereocenters. The fourth-order valence-electron chi connectivity index (χ4n) is 19.1. The number of benzene rings is 15. The van der Waals surface area contributed by atoms with Gasteiger partial charge in [0.05, 0.1) is 11.4 Å². The average Bonchev–Trinajstić information content (AvgIpc) is 0.721. The van der Waals surface area contributed by atoms with Crippen LogP contribution in [-0.4, -0.2) is 0 Å². The van der Waals surface area contributed by atoms with Crippen LogP contribution in [0, 0.1) is 24.7 Å². The summed E-state index contributed by atoms with van der Waals surface area (Å²) in [6.07, 6.45) is 8.79. The highest BCUT2D eigenvalue weighted by Crippen LogP contribution is 2.51. The smallest absolute Gasteiger partial charge is 0.0547 e. The van der Waals surface area contributed by atoms with Crippen LogP contribution >= 0.6 is 0 Å². The van der Waals surface area contributed by atoms with Crippen molar-refractivity contribution in [3.05, 3.63) is 353 Å². The predicted molar refractivity (Wildman–Crippen MR) is 478 cm³/mol. The number of fused-ring (bicyclic) bond motifs is 7. The van der Waals surface area contributed by atoms with Gasteiger partial charge in [-0.05, 0) is 256 Å². The van der Waals surface area contributed by atoms with Crippen molar-refractivity contribution in [2.45, 2.75) is 152 Å². The molecule has 0 saturated heterocycles. The molecule has 0 fully saturated rings. The van der Waals surface area contributed by atoms with Crippen molar-refractivity contribution in [1.82, 2.24) is 0 Å². The topological polar surface area (TPSA) is 3.24 Å². The summed E-state index contributed by atoms with van der Waals surface area (Å²) in [4.78, 5) is 2.58. The Bertz CT molecular complexity index is 6020. The minimum absolute atomic E-state index is 0.107. The molecular formula is C109H105N. The van der Waals surface area contributed by atoms with E-state index in [0.717, 1.165) is 55.6 Å². The van der Waals surface area contributed by atoms with Gasteiger partial charge in [0.15, 0.2) is 0 Å². The van der Waals surface area contributed by atoms with Gasteiger partial charge in [-0.1, -0.05) is 371 Å². The van der Waals surface area contributed by atoms with E-state index in [9.17, 15) is 0 Å². The van der Waals surface area contributed by atoms with E-state index in [-0.39, 0.29) is 27.6 Å². The molecule has 1 aliphatic carbocycles.